The Hall–Kier alpha value is -2.20. The second kappa shape index (κ2) is 5.63. The molecule has 0 spiro atoms. The van der Waals surface area contributed by atoms with E-state index >= 15 is 0 Å². The smallest absolute Gasteiger partial charge is 0.335 e. The number of nitrogens with zero attached hydrogens (tertiary/aromatic N) is 1. The van der Waals surface area contributed by atoms with Crippen molar-refractivity contribution in [3.8, 4) is 0 Å². The first kappa shape index (κ1) is 13.2. The molecule has 5 heteroatoms. The van der Waals surface area contributed by atoms with Crippen molar-refractivity contribution in [3.63, 3.8) is 0 Å². The van der Waals surface area contributed by atoms with Crippen molar-refractivity contribution in [1.29, 1.82) is 0 Å². The standard InChI is InChI=1S/C14H10ClNO3/c15-11-4-5-16-12(8-11)13(17)7-9-2-1-3-10(6-9)14(18)19/h1-6,8H,7H2,(H,18,19). The van der Waals surface area contributed by atoms with Gasteiger partial charge in [-0.2, -0.15) is 0 Å². The third-order valence-electron chi connectivity index (χ3n) is 2.55. The van der Waals surface area contributed by atoms with E-state index in [0.717, 1.165) is 0 Å². The van der Waals surface area contributed by atoms with Crippen LogP contribution in [0.25, 0.3) is 0 Å². The fraction of sp³-hybridized carbons (Fsp3) is 0.0714. The Morgan fingerprint density at radius 1 is 1.21 bits per heavy atom. The monoisotopic (exact) mass is 275 g/mol. The normalized spacial score (nSPS) is 10.2. The molecule has 1 aromatic heterocycles. The van der Waals surface area contributed by atoms with Crippen LogP contribution in [0.3, 0.4) is 0 Å². The van der Waals surface area contributed by atoms with Gasteiger partial charge in [0.2, 0.25) is 0 Å². The molecule has 0 radical (unpaired) electrons. The van der Waals surface area contributed by atoms with Crippen molar-refractivity contribution in [2.45, 2.75) is 6.42 Å². The number of hydrogen-bond donors (Lipinski definition) is 1. The number of ketones is 1. The fourth-order valence-corrected chi connectivity index (χ4v) is 1.81. The predicted octanol–water partition coefficient (Wildman–Crippen LogP) is 2.86. The number of carboxylic acid groups (broad SMARTS) is 1. The summed E-state index contributed by atoms with van der Waals surface area (Å²) in [4.78, 5) is 26.8. The maximum Gasteiger partial charge on any atom is 0.335 e. The number of carboxylic acids is 1. The molecular formula is C14H10ClNO3. The zero-order valence-electron chi connectivity index (χ0n) is 9.84. The van der Waals surface area contributed by atoms with Gasteiger partial charge in [-0.05, 0) is 29.8 Å². The van der Waals surface area contributed by atoms with E-state index in [4.69, 9.17) is 16.7 Å². The van der Waals surface area contributed by atoms with Gasteiger partial charge in [0.15, 0.2) is 5.78 Å². The molecule has 2 aromatic rings. The van der Waals surface area contributed by atoms with Crippen LogP contribution in [0.15, 0.2) is 42.6 Å². The van der Waals surface area contributed by atoms with Gasteiger partial charge in [0, 0.05) is 17.6 Å². The summed E-state index contributed by atoms with van der Waals surface area (Å²) in [5, 5.41) is 9.32. The summed E-state index contributed by atoms with van der Waals surface area (Å²) in [6.45, 7) is 0. The van der Waals surface area contributed by atoms with Crippen molar-refractivity contribution in [1.82, 2.24) is 4.98 Å². The summed E-state index contributed by atoms with van der Waals surface area (Å²) in [7, 11) is 0. The molecule has 0 atom stereocenters. The minimum Gasteiger partial charge on any atom is -0.478 e. The second-order valence-electron chi connectivity index (χ2n) is 3.96. The Morgan fingerprint density at radius 2 is 2.00 bits per heavy atom. The first-order valence-corrected chi connectivity index (χ1v) is 5.91. The van der Waals surface area contributed by atoms with Crippen molar-refractivity contribution in [2.75, 3.05) is 0 Å². The van der Waals surface area contributed by atoms with E-state index in [2.05, 4.69) is 4.98 Å². The molecule has 0 aliphatic heterocycles. The summed E-state index contributed by atoms with van der Waals surface area (Å²) < 4.78 is 0. The van der Waals surface area contributed by atoms with Gasteiger partial charge in [0.25, 0.3) is 0 Å². The first-order chi connectivity index (χ1) is 9.06. The molecule has 2 rings (SSSR count). The van der Waals surface area contributed by atoms with E-state index in [9.17, 15) is 9.59 Å². The second-order valence-corrected chi connectivity index (χ2v) is 4.40. The zero-order valence-corrected chi connectivity index (χ0v) is 10.6. The maximum atomic E-state index is 12.0. The molecule has 0 saturated heterocycles. The molecule has 1 N–H and O–H groups in total. The molecule has 0 unspecified atom stereocenters. The molecule has 0 amide bonds. The number of aromatic carboxylic acids is 1. The van der Waals surface area contributed by atoms with Crippen LogP contribution in [0.4, 0.5) is 0 Å². The van der Waals surface area contributed by atoms with Crippen LogP contribution < -0.4 is 0 Å². The average Bonchev–Trinajstić information content (AvgIpc) is 2.39. The van der Waals surface area contributed by atoms with Crippen LogP contribution in [-0.4, -0.2) is 21.8 Å². The zero-order chi connectivity index (χ0) is 13.8. The molecular weight excluding hydrogens is 266 g/mol. The molecule has 0 fully saturated rings. The Labute approximate surface area is 114 Å². The van der Waals surface area contributed by atoms with Crippen molar-refractivity contribution < 1.29 is 14.7 Å². The molecule has 0 aliphatic carbocycles. The molecule has 0 aliphatic rings. The van der Waals surface area contributed by atoms with E-state index in [1.807, 2.05) is 0 Å². The highest BCUT2D eigenvalue weighted by Gasteiger charge is 2.10. The third-order valence-corrected chi connectivity index (χ3v) is 2.78. The van der Waals surface area contributed by atoms with Gasteiger partial charge in [0.05, 0.1) is 5.56 Å². The number of halogens is 1. The van der Waals surface area contributed by atoms with Crippen LogP contribution in [0.1, 0.15) is 26.4 Å². The summed E-state index contributed by atoms with van der Waals surface area (Å²) in [5.41, 5.74) is 1.06. The highest BCUT2D eigenvalue weighted by atomic mass is 35.5. The summed E-state index contributed by atoms with van der Waals surface area (Å²) in [6, 6.07) is 9.35. The Balaban J connectivity index is 2.19. The van der Waals surface area contributed by atoms with Gasteiger partial charge in [-0.1, -0.05) is 23.7 Å². The van der Waals surface area contributed by atoms with Crippen LogP contribution in [0.5, 0.6) is 0 Å². The lowest BCUT2D eigenvalue weighted by molar-refractivity contribution is 0.0696. The van der Waals surface area contributed by atoms with Crippen LogP contribution in [0.2, 0.25) is 5.02 Å². The summed E-state index contributed by atoms with van der Waals surface area (Å²) in [6.07, 6.45) is 1.55. The largest absolute Gasteiger partial charge is 0.478 e. The number of carbonyl (C=O) groups excluding carboxylic acids is 1. The molecule has 0 bridgehead atoms. The lowest BCUT2D eigenvalue weighted by atomic mass is 10.0. The SMILES string of the molecule is O=C(O)c1cccc(CC(=O)c2cc(Cl)ccn2)c1. The third kappa shape index (κ3) is 3.39. The van der Waals surface area contributed by atoms with Gasteiger partial charge < -0.3 is 5.11 Å². The number of Topliss-reactive ketones (excluding diaryl/α,β-unsaturated/α-hetero) is 1. The Morgan fingerprint density at radius 3 is 2.68 bits per heavy atom. The van der Waals surface area contributed by atoms with E-state index in [1.54, 1.807) is 18.2 Å². The topological polar surface area (TPSA) is 67.3 Å². The quantitative estimate of drug-likeness (QED) is 0.871. The molecule has 96 valence electrons. The average molecular weight is 276 g/mol. The fourth-order valence-electron chi connectivity index (χ4n) is 1.65. The predicted molar refractivity (Wildman–Crippen MR) is 70.7 cm³/mol. The number of hydrogen-bond acceptors (Lipinski definition) is 3. The summed E-state index contributed by atoms with van der Waals surface area (Å²) >= 11 is 5.79. The highest BCUT2D eigenvalue weighted by molar-refractivity contribution is 6.30. The number of rotatable bonds is 4. The van der Waals surface area contributed by atoms with Gasteiger partial charge in [-0.3, -0.25) is 9.78 Å². The molecule has 1 heterocycles. The molecule has 1 aromatic carbocycles. The number of aromatic nitrogens is 1. The molecule has 0 saturated carbocycles. The van der Waals surface area contributed by atoms with E-state index in [1.165, 1.54) is 24.4 Å². The van der Waals surface area contributed by atoms with Crippen molar-refractivity contribution in [2.24, 2.45) is 0 Å². The Kier molecular flexibility index (Phi) is 3.92. The number of benzene rings is 1. The lowest BCUT2D eigenvalue weighted by Gasteiger charge is -2.02. The lowest BCUT2D eigenvalue weighted by Crippen LogP contribution is -2.06. The minimum absolute atomic E-state index is 0.0917. The molecule has 4 nitrogen and oxygen atoms in total. The van der Waals surface area contributed by atoms with Crippen LogP contribution in [-0.2, 0) is 6.42 Å². The van der Waals surface area contributed by atoms with Crippen molar-refractivity contribution in [3.05, 3.63) is 64.4 Å². The maximum absolute atomic E-state index is 12.0. The Bertz CT molecular complexity index is 640. The minimum atomic E-state index is -1.02. The van der Waals surface area contributed by atoms with Gasteiger partial charge in [-0.25, -0.2) is 4.79 Å². The molecule has 19 heavy (non-hydrogen) atoms. The highest BCUT2D eigenvalue weighted by Crippen LogP contribution is 2.12. The van der Waals surface area contributed by atoms with Gasteiger partial charge in [-0.15, -0.1) is 0 Å². The number of carbonyl (C=O) groups is 2. The number of pyridine rings is 1. The van der Waals surface area contributed by atoms with Crippen LogP contribution >= 0.6 is 11.6 Å². The first-order valence-electron chi connectivity index (χ1n) is 5.53. The summed E-state index contributed by atoms with van der Waals surface area (Å²) in [5.74, 6) is -1.22. The van der Waals surface area contributed by atoms with E-state index < -0.39 is 5.97 Å². The van der Waals surface area contributed by atoms with Gasteiger partial charge in [0.1, 0.15) is 5.69 Å². The van der Waals surface area contributed by atoms with Crippen LogP contribution in [0, 0.1) is 0 Å². The van der Waals surface area contributed by atoms with Crippen molar-refractivity contribution >= 4 is 23.4 Å². The van der Waals surface area contributed by atoms with E-state index in [0.29, 0.717) is 10.6 Å². The van der Waals surface area contributed by atoms with E-state index in [-0.39, 0.29) is 23.5 Å². The van der Waals surface area contributed by atoms with Gasteiger partial charge >= 0.3 is 5.97 Å².